The summed E-state index contributed by atoms with van der Waals surface area (Å²) in [5, 5.41) is 2.74. The van der Waals surface area contributed by atoms with E-state index >= 15 is 0 Å². The van der Waals surface area contributed by atoms with Crippen LogP contribution in [-0.4, -0.2) is 24.6 Å². The van der Waals surface area contributed by atoms with Crippen molar-refractivity contribution in [1.29, 1.82) is 0 Å². The third-order valence-electron chi connectivity index (χ3n) is 2.63. The molecule has 2 rings (SSSR count). The summed E-state index contributed by atoms with van der Waals surface area (Å²) in [6.45, 7) is 3.81. The molecule has 0 bridgehead atoms. The fourth-order valence-electron chi connectivity index (χ4n) is 1.74. The molecule has 0 spiro atoms. The highest BCUT2D eigenvalue weighted by Gasteiger charge is 2.23. The zero-order valence-corrected chi connectivity index (χ0v) is 10.4. The maximum absolute atomic E-state index is 11.5. The van der Waals surface area contributed by atoms with E-state index in [0.29, 0.717) is 18.0 Å². The van der Waals surface area contributed by atoms with Crippen molar-refractivity contribution in [2.45, 2.75) is 26.4 Å². The Morgan fingerprint density at radius 1 is 1.50 bits per heavy atom. The lowest BCUT2D eigenvalue weighted by Crippen LogP contribution is -2.34. The van der Waals surface area contributed by atoms with E-state index in [-0.39, 0.29) is 18.3 Å². The van der Waals surface area contributed by atoms with Gasteiger partial charge < -0.3 is 14.8 Å². The summed E-state index contributed by atoms with van der Waals surface area (Å²) >= 11 is 0. The molecule has 1 amide bonds. The van der Waals surface area contributed by atoms with Crippen molar-refractivity contribution in [2.24, 2.45) is 0 Å². The summed E-state index contributed by atoms with van der Waals surface area (Å²) < 4.78 is 10.3. The third-order valence-corrected chi connectivity index (χ3v) is 2.63. The minimum absolute atomic E-state index is 0.184. The van der Waals surface area contributed by atoms with Crippen LogP contribution in [0.3, 0.4) is 0 Å². The first kappa shape index (κ1) is 12.4. The quantitative estimate of drug-likeness (QED) is 0.825. The molecule has 0 radical (unpaired) electrons. The molecule has 1 aliphatic heterocycles. The Labute approximate surface area is 105 Å². The topological polar surface area (TPSA) is 64.6 Å². The zero-order chi connectivity index (χ0) is 13.1. The predicted octanol–water partition coefficient (Wildman–Crippen LogP) is 1.51. The number of rotatable bonds is 3. The number of hydrogen-bond donors (Lipinski definition) is 1. The molecule has 5 nitrogen and oxygen atoms in total. The second-order valence-electron chi connectivity index (χ2n) is 4.06. The molecule has 1 N–H and O–H groups in total. The van der Waals surface area contributed by atoms with Crippen molar-refractivity contribution < 1.29 is 19.1 Å². The van der Waals surface area contributed by atoms with E-state index in [9.17, 15) is 9.59 Å². The Balaban J connectivity index is 2.15. The lowest BCUT2D eigenvalue weighted by molar-refractivity contribution is -0.142. The molecule has 1 atom stereocenters. The van der Waals surface area contributed by atoms with Gasteiger partial charge in [0.1, 0.15) is 5.75 Å². The van der Waals surface area contributed by atoms with Crippen LogP contribution >= 0.6 is 0 Å². The Morgan fingerprint density at radius 2 is 2.28 bits per heavy atom. The van der Waals surface area contributed by atoms with Gasteiger partial charge in [-0.2, -0.15) is 0 Å². The number of ether oxygens (including phenoxy) is 2. The maximum Gasteiger partial charge on any atom is 0.310 e. The minimum Gasteiger partial charge on any atom is -0.479 e. The number of carbonyl (C=O) groups excluding carboxylic acids is 2. The molecule has 0 saturated carbocycles. The second-order valence-corrected chi connectivity index (χ2v) is 4.06. The van der Waals surface area contributed by atoms with Crippen LogP contribution in [-0.2, 0) is 20.7 Å². The molecule has 1 aliphatic rings. The van der Waals surface area contributed by atoms with E-state index in [0.717, 1.165) is 5.56 Å². The summed E-state index contributed by atoms with van der Waals surface area (Å²) in [7, 11) is 0. The smallest absolute Gasteiger partial charge is 0.310 e. The molecule has 0 saturated heterocycles. The first-order chi connectivity index (χ1) is 8.60. The fourth-order valence-corrected chi connectivity index (χ4v) is 1.74. The van der Waals surface area contributed by atoms with Gasteiger partial charge in [-0.3, -0.25) is 9.59 Å². The van der Waals surface area contributed by atoms with Crippen molar-refractivity contribution in [2.75, 3.05) is 11.9 Å². The third kappa shape index (κ3) is 2.61. The van der Waals surface area contributed by atoms with Gasteiger partial charge >= 0.3 is 5.97 Å². The largest absolute Gasteiger partial charge is 0.479 e. The number of carbonyl (C=O) groups is 2. The van der Waals surface area contributed by atoms with E-state index in [1.165, 1.54) is 0 Å². The van der Waals surface area contributed by atoms with Crippen LogP contribution in [0.2, 0.25) is 0 Å². The summed E-state index contributed by atoms with van der Waals surface area (Å²) in [6.07, 6.45) is -0.305. The fraction of sp³-hybridized carbons (Fsp3) is 0.385. The van der Waals surface area contributed by atoms with Crippen LogP contribution < -0.4 is 10.1 Å². The highest BCUT2D eigenvalue weighted by molar-refractivity contribution is 5.97. The number of nitrogens with one attached hydrogen (secondary N) is 1. The predicted molar refractivity (Wildman–Crippen MR) is 65.5 cm³/mol. The van der Waals surface area contributed by atoms with Crippen LogP contribution in [0.15, 0.2) is 18.2 Å². The van der Waals surface area contributed by atoms with Gasteiger partial charge in [0.05, 0.1) is 18.7 Å². The molecule has 1 heterocycles. The molecule has 1 aromatic carbocycles. The number of fused-ring (bicyclic) bond motifs is 1. The van der Waals surface area contributed by atoms with Crippen molar-refractivity contribution in [3.63, 3.8) is 0 Å². The Morgan fingerprint density at radius 3 is 3.00 bits per heavy atom. The number of anilines is 1. The maximum atomic E-state index is 11.5. The molecule has 0 aliphatic carbocycles. The SMILES string of the molecule is CCOC(=O)Cc1ccc2c(c1)NC(=O)C(C)O2. The minimum atomic E-state index is -0.492. The molecular weight excluding hydrogens is 234 g/mol. The van der Waals surface area contributed by atoms with Gasteiger partial charge in [0.2, 0.25) is 0 Å². The molecule has 1 unspecified atom stereocenters. The molecule has 1 aromatic rings. The zero-order valence-electron chi connectivity index (χ0n) is 10.4. The lowest BCUT2D eigenvalue weighted by atomic mass is 10.1. The highest BCUT2D eigenvalue weighted by Crippen LogP contribution is 2.30. The van der Waals surface area contributed by atoms with Crippen LogP contribution in [0.25, 0.3) is 0 Å². The summed E-state index contributed by atoms with van der Waals surface area (Å²) in [5.41, 5.74) is 1.38. The van der Waals surface area contributed by atoms with Gasteiger partial charge in [-0.05, 0) is 31.5 Å². The van der Waals surface area contributed by atoms with Crippen LogP contribution in [0.4, 0.5) is 5.69 Å². The van der Waals surface area contributed by atoms with Gasteiger partial charge in [0.15, 0.2) is 6.10 Å². The van der Waals surface area contributed by atoms with Gasteiger partial charge in [0, 0.05) is 0 Å². The van der Waals surface area contributed by atoms with Crippen molar-refractivity contribution in [1.82, 2.24) is 0 Å². The van der Waals surface area contributed by atoms with E-state index in [2.05, 4.69) is 5.32 Å². The number of hydrogen-bond acceptors (Lipinski definition) is 4. The van der Waals surface area contributed by atoms with E-state index in [1.54, 1.807) is 32.0 Å². The van der Waals surface area contributed by atoms with Crippen molar-refractivity contribution in [3.05, 3.63) is 23.8 Å². The van der Waals surface area contributed by atoms with Crippen LogP contribution in [0, 0.1) is 0 Å². The van der Waals surface area contributed by atoms with Gasteiger partial charge in [-0.15, -0.1) is 0 Å². The molecule has 18 heavy (non-hydrogen) atoms. The van der Waals surface area contributed by atoms with Gasteiger partial charge in [-0.1, -0.05) is 6.07 Å². The normalized spacial score (nSPS) is 17.4. The Hall–Kier alpha value is -2.04. The monoisotopic (exact) mass is 249 g/mol. The molecular formula is C13H15NO4. The van der Waals surface area contributed by atoms with Gasteiger partial charge in [0.25, 0.3) is 5.91 Å². The van der Waals surface area contributed by atoms with Crippen LogP contribution in [0.1, 0.15) is 19.4 Å². The molecule has 96 valence electrons. The lowest BCUT2D eigenvalue weighted by Gasteiger charge is -2.23. The molecule has 0 aromatic heterocycles. The van der Waals surface area contributed by atoms with E-state index in [4.69, 9.17) is 9.47 Å². The Bertz CT molecular complexity index is 484. The summed E-state index contributed by atoms with van der Waals surface area (Å²) in [6, 6.07) is 5.27. The highest BCUT2D eigenvalue weighted by atomic mass is 16.5. The van der Waals surface area contributed by atoms with Crippen molar-refractivity contribution in [3.8, 4) is 5.75 Å². The number of esters is 1. The van der Waals surface area contributed by atoms with E-state index in [1.807, 2.05) is 0 Å². The summed E-state index contributed by atoms with van der Waals surface area (Å²) in [4.78, 5) is 22.8. The number of amides is 1. The summed E-state index contributed by atoms with van der Waals surface area (Å²) in [5.74, 6) is 0.152. The average molecular weight is 249 g/mol. The first-order valence-electron chi connectivity index (χ1n) is 5.86. The standard InChI is InChI=1S/C13H15NO4/c1-3-17-12(15)7-9-4-5-11-10(6-9)14-13(16)8(2)18-11/h4-6,8H,3,7H2,1-2H3,(H,14,16). The first-order valence-corrected chi connectivity index (χ1v) is 5.86. The molecule has 5 heteroatoms. The Kier molecular flexibility index (Phi) is 3.50. The molecule has 0 fully saturated rings. The average Bonchev–Trinajstić information content (AvgIpc) is 2.31. The van der Waals surface area contributed by atoms with Crippen molar-refractivity contribution >= 4 is 17.6 Å². The van der Waals surface area contributed by atoms with Crippen LogP contribution in [0.5, 0.6) is 5.75 Å². The second kappa shape index (κ2) is 5.08. The van der Waals surface area contributed by atoms with Gasteiger partial charge in [-0.25, -0.2) is 0 Å². The van der Waals surface area contributed by atoms with E-state index < -0.39 is 6.10 Å². The number of benzene rings is 1.